The summed E-state index contributed by atoms with van der Waals surface area (Å²) in [6.07, 6.45) is 9.96. The molecule has 1 aromatic heterocycles. The van der Waals surface area contributed by atoms with Gasteiger partial charge in [0.1, 0.15) is 11.4 Å². The third kappa shape index (κ3) is 8.13. The number of aromatic nitrogens is 1. The van der Waals surface area contributed by atoms with Crippen LogP contribution in [0.1, 0.15) is 68.6 Å². The summed E-state index contributed by atoms with van der Waals surface area (Å²) in [5.74, 6) is 1.89. The number of rotatable bonds is 12. The number of anilines is 1. The summed E-state index contributed by atoms with van der Waals surface area (Å²) in [6, 6.07) is 3.62. The van der Waals surface area contributed by atoms with Crippen LogP contribution >= 0.6 is 12.6 Å². The van der Waals surface area contributed by atoms with Crippen LogP contribution in [0, 0.1) is 11.8 Å². The number of esters is 1. The number of carbonyl (C=O) groups excluding carboxylic acids is 2. The molecule has 1 fully saturated rings. The summed E-state index contributed by atoms with van der Waals surface area (Å²) in [5, 5.41) is 13.8. The van der Waals surface area contributed by atoms with E-state index in [9.17, 15) is 14.7 Å². The number of allylic oxidation sites excluding steroid dienone is 1. The minimum atomic E-state index is -0.731. The molecule has 3 rings (SSSR count). The fraction of sp³-hybridized carbons (Fsp3) is 0.667. The topological polar surface area (TPSA) is 101 Å². The number of amides is 1. The number of piperidine rings is 1. The quantitative estimate of drug-likeness (QED) is 0.167. The van der Waals surface area contributed by atoms with E-state index in [1.807, 2.05) is 19.1 Å². The Balaban J connectivity index is 1.59. The molecule has 8 nitrogen and oxygen atoms in total. The van der Waals surface area contributed by atoms with Crippen LogP contribution < -0.4 is 15.0 Å². The second-order valence-electron chi connectivity index (χ2n) is 9.97. The smallest absolute Gasteiger partial charge is 0.305 e. The SMILES string of the molecule is CCCOc1nc(N2CCCC(CC(=O)OC)C2)ccc1C(=O)NCCC[C@@]1(O)CC=CC(CS)C1. The molecule has 1 aliphatic heterocycles. The number of hydrogen-bond acceptors (Lipinski definition) is 8. The average molecular weight is 520 g/mol. The Morgan fingerprint density at radius 1 is 1.36 bits per heavy atom. The minimum absolute atomic E-state index is 0.192. The van der Waals surface area contributed by atoms with Crippen molar-refractivity contribution in [3.8, 4) is 5.88 Å². The molecule has 36 heavy (non-hydrogen) atoms. The molecule has 0 aromatic carbocycles. The van der Waals surface area contributed by atoms with E-state index >= 15 is 0 Å². The maximum Gasteiger partial charge on any atom is 0.305 e. The van der Waals surface area contributed by atoms with Crippen molar-refractivity contribution in [1.82, 2.24) is 10.3 Å². The van der Waals surface area contributed by atoms with E-state index in [0.29, 0.717) is 69.2 Å². The number of thiol groups is 1. The zero-order valence-electron chi connectivity index (χ0n) is 21.6. The van der Waals surface area contributed by atoms with Gasteiger partial charge in [0.2, 0.25) is 5.88 Å². The number of nitrogens with one attached hydrogen (secondary N) is 1. The lowest BCUT2D eigenvalue weighted by Crippen LogP contribution is -2.37. The minimum Gasteiger partial charge on any atom is -0.477 e. The van der Waals surface area contributed by atoms with E-state index in [-0.39, 0.29) is 17.8 Å². The number of ether oxygens (including phenoxy) is 2. The lowest BCUT2D eigenvalue weighted by molar-refractivity contribution is -0.141. The van der Waals surface area contributed by atoms with Gasteiger partial charge in [0.15, 0.2) is 0 Å². The van der Waals surface area contributed by atoms with Crippen molar-refractivity contribution in [3.05, 3.63) is 29.8 Å². The fourth-order valence-electron chi connectivity index (χ4n) is 5.01. The Hall–Kier alpha value is -2.26. The van der Waals surface area contributed by atoms with Crippen LogP contribution in [0.3, 0.4) is 0 Å². The Labute approximate surface area is 220 Å². The van der Waals surface area contributed by atoms with Gasteiger partial charge in [-0.05, 0) is 74.7 Å². The van der Waals surface area contributed by atoms with Gasteiger partial charge in [-0.2, -0.15) is 17.6 Å². The van der Waals surface area contributed by atoms with Crippen molar-refractivity contribution in [2.24, 2.45) is 11.8 Å². The van der Waals surface area contributed by atoms with Crippen LogP contribution in [0.2, 0.25) is 0 Å². The Kier molecular flexibility index (Phi) is 10.9. The molecule has 2 aliphatic rings. The first-order valence-electron chi connectivity index (χ1n) is 13.1. The van der Waals surface area contributed by atoms with Crippen molar-refractivity contribution in [1.29, 1.82) is 0 Å². The van der Waals surface area contributed by atoms with E-state index in [4.69, 9.17) is 14.5 Å². The third-order valence-electron chi connectivity index (χ3n) is 6.95. The van der Waals surface area contributed by atoms with Gasteiger partial charge in [-0.25, -0.2) is 0 Å². The first kappa shape index (κ1) is 28.3. The predicted molar refractivity (Wildman–Crippen MR) is 144 cm³/mol. The molecule has 0 spiro atoms. The van der Waals surface area contributed by atoms with Crippen LogP contribution in [0.25, 0.3) is 0 Å². The molecule has 0 bridgehead atoms. The van der Waals surface area contributed by atoms with Crippen LogP contribution in [0.5, 0.6) is 5.88 Å². The zero-order valence-corrected chi connectivity index (χ0v) is 22.5. The van der Waals surface area contributed by atoms with E-state index in [1.165, 1.54) is 7.11 Å². The van der Waals surface area contributed by atoms with Crippen LogP contribution in [0.4, 0.5) is 5.82 Å². The summed E-state index contributed by atoms with van der Waals surface area (Å²) in [5.41, 5.74) is -0.323. The van der Waals surface area contributed by atoms with Gasteiger partial charge in [0, 0.05) is 26.1 Å². The number of carbonyl (C=O) groups is 2. The molecule has 2 unspecified atom stereocenters. The predicted octanol–water partition coefficient (Wildman–Crippen LogP) is 3.79. The number of aliphatic hydroxyl groups is 1. The number of pyridine rings is 1. The molecule has 0 saturated carbocycles. The number of nitrogens with zero attached hydrogens (tertiary/aromatic N) is 2. The Bertz CT molecular complexity index is 911. The summed E-state index contributed by atoms with van der Waals surface area (Å²) < 4.78 is 10.7. The molecule has 2 N–H and O–H groups in total. The number of methoxy groups -OCH3 is 1. The van der Waals surface area contributed by atoms with Gasteiger partial charge in [-0.1, -0.05) is 19.1 Å². The summed E-state index contributed by atoms with van der Waals surface area (Å²) in [6.45, 7) is 4.50. The van der Waals surface area contributed by atoms with Crippen LogP contribution in [0.15, 0.2) is 24.3 Å². The van der Waals surface area contributed by atoms with Crippen LogP contribution in [-0.4, -0.2) is 66.7 Å². The maximum atomic E-state index is 13.0. The standard InChI is InChI=1S/C27H41N3O5S/c1-3-15-35-26-22(25(32)28-13-6-12-27(33)11-4-7-21(17-27)19-36)9-10-23(29-26)30-14-5-8-20(18-30)16-24(31)34-2/h4,7,9-10,20-21,33,36H,3,5-6,8,11-19H2,1-2H3,(H,28,32)/t20?,21?,27-/m0/s1. The molecule has 1 saturated heterocycles. The highest BCUT2D eigenvalue weighted by molar-refractivity contribution is 7.80. The van der Waals surface area contributed by atoms with E-state index in [2.05, 4.69) is 28.9 Å². The highest BCUT2D eigenvalue weighted by Crippen LogP contribution is 2.32. The van der Waals surface area contributed by atoms with Crippen molar-refractivity contribution < 1.29 is 24.2 Å². The Morgan fingerprint density at radius 2 is 2.19 bits per heavy atom. The summed E-state index contributed by atoms with van der Waals surface area (Å²) in [4.78, 5) is 31.5. The average Bonchev–Trinajstić information content (AvgIpc) is 2.89. The summed E-state index contributed by atoms with van der Waals surface area (Å²) in [7, 11) is 1.42. The highest BCUT2D eigenvalue weighted by Gasteiger charge is 2.30. The number of hydrogen-bond donors (Lipinski definition) is 3. The van der Waals surface area contributed by atoms with E-state index in [1.54, 1.807) is 6.07 Å². The van der Waals surface area contributed by atoms with E-state index < -0.39 is 5.60 Å². The molecule has 1 amide bonds. The molecular formula is C27H41N3O5S. The monoisotopic (exact) mass is 519 g/mol. The molecule has 1 aliphatic carbocycles. The first-order valence-corrected chi connectivity index (χ1v) is 13.7. The van der Waals surface area contributed by atoms with Gasteiger partial charge >= 0.3 is 5.97 Å². The van der Waals surface area contributed by atoms with Gasteiger partial charge in [-0.15, -0.1) is 0 Å². The maximum absolute atomic E-state index is 13.0. The highest BCUT2D eigenvalue weighted by atomic mass is 32.1. The van der Waals surface area contributed by atoms with Gasteiger partial charge in [0.25, 0.3) is 5.91 Å². The molecule has 3 atom stereocenters. The van der Waals surface area contributed by atoms with E-state index in [0.717, 1.165) is 37.4 Å². The van der Waals surface area contributed by atoms with Crippen molar-refractivity contribution >= 4 is 30.3 Å². The zero-order chi connectivity index (χ0) is 26.0. The van der Waals surface area contributed by atoms with Crippen molar-refractivity contribution in [2.75, 3.05) is 44.0 Å². The molecule has 9 heteroatoms. The molecule has 0 radical (unpaired) electrons. The molecule has 200 valence electrons. The van der Waals surface area contributed by atoms with Crippen molar-refractivity contribution in [3.63, 3.8) is 0 Å². The third-order valence-corrected chi connectivity index (χ3v) is 7.42. The Morgan fingerprint density at radius 3 is 2.94 bits per heavy atom. The lowest BCUT2D eigenvalue weighted by atomic mass is 9.80. The summed E-state index contributed by atoms with van der Waals surface area (Å²) >= 11 is 4.36. The van der Waals surface area contributed by atoms with Gasteiger partial charge in [0.05, 0.1) is 19.3 Å². The second kappa shape index (κ2) is 13.9. The van der Waals surface area contributed by atoms with Crippen LogP contribution in [-0.2, 0) is 9.53 Å². The first-order chi connectivity index (χ1) is 17.4. The molecule has 2 heterocycles. The largest absolute Gasteiger partial charge is 0.477 e. The van der Waals surface area contributed by atoms with Gasteiger partial charge < -0.3 is 24.8 Å². The second-order valence-corrected chi connectivity index (χ2v) is 10.3. The fourth-order valence-corrected chi connectivity index (χ4v) is 5.26. The molecular weight excluding hydrogens is 478 g/mol. The van der Waals surface area contributed by atoms with Gasteiger partial charge in [-0.3, -0.25) is 9.59 Å². The molecule has 1 aromatic rings. The lowest BCUT2D eigenvalue weighted by Gasteiger charge is -2.33. The normalized spacial score (nSPS) is 23.8. The van der Waals surface area contributed by atoms with Crippen molar-refractivity contribution in [2.45, 2.75) is 63.9 Å².